The predicted molar refractivity (Wildman–Crippen MR) is 102 cm³/mol. The third-order valence-electron chi connectivity index (χ3n) is 3.99. The van der Waals surface area contributed by atoms with Crippen LogP contribution >= 0.6 is 0 Å². The number of amides is 1. The number of hydrogen-bond donors (Lipinski definition) is 2. The van der Waals surface area contributed by atoms with E-state index in [4.69, 9.17) is 4.74 Å². The fourth-order valence-electron chi connectivity index (χ4n) is 2.60. The molecule has 2 rings (SSSR count). The van der Waals surface area contributed by atoms with E-state index in [1.165, 1.54) is 17.8 Å². The van der Waals surface area contributed by atoms with Crippen LogP contribution in [0.25, 0.3) is 11.3 Å². The number of nitrogens with zero attached hydrogens (tertiary/aromatic N) is 2. The van der Waals surface area contributed by atoms with Gasteiger partial charge in [0.05, 0.1) is 11.9 Å². The van der Waals surface area contributed by atoms with Crippen molar-refractivity contribution in [2.24, 2.45) is 13.0 Å². The molecule has 0 aliphatic rings. The van der Waals surface area contributed by atoms with Gasteiger partial charge in [-0.05, 0) is 39.3 Å². The van der Waals surface area contributed by atoms with Crippen LogP contribution in [0.2, 0.25) is 0 Å². The molecule has 0 fully saturated rings. The number of aryl methyl sites for hydroxylation is 1. The van der Waals surface area contributed by atoms with Gasteiger partial charge in [-0.15, -0.1) is 0 Å². The molecule has 1 heterocycles. The van der Waals surface area contributed by atoms with E-state index in [2.05, 4.69) is 10.4 Å². The van der Waals surface area contributed by atoms with Gasteiger partial charge in [-0.2, -0.15) is 5.10 Å². The molecule has 0 aliphatic carbocycles. The highest BCUT2D eigenvalue weighted by atomic mass is 16.6. The Labute approximate surface area is 163 Å². The van der Waals surface area contributed by atoms with E-state index in [0.717, 1.165) is 5.56 Å². The van der Waals surface area contributed by atoms with Crippen LogP contribution < -0.4 is 5.32 Å². The Balaban J connectivity index is 2.10. The average Bonchev–Trinajstić information content (AvgIpc) is 2.99. The molecule has 0 bridgehead atoms. The molecule has 1 aromatic heterocycles. The van der Waals surface area contributed by atoms with Crippen molar-refractivity contribution >= 4 is 17.8 Å². The summed E-state index contributed by atoms with van der Waals surface area (Å²) in [6.45, 7) is 6.91. The lowest BCUT2D eigenvalue weighted by atomic mass is 10.0. The number of carboxylic acids is 1. The molecular formula is C20H25N3O5. The van der Waals surface area contributed by atoms with Gasteiger partial charge in [-0.1, -0.05) is 18.2 Å². The van der Waals surface area contributed by atoms with E-state index in [-0.39, 0.29) is 12.1 Å². The zero-order valence-electron chi connectivity index (χ0n) is 16.6. The number of aromatic carboxylic acids is 1. The average molecular weight is 387 g/mol. The Kier molecular flexibility index (Phi) is 6.23. The van der Waals surface area contributed by atoms with Crippen LogP contribution in [0.5, 0.6) is 0 Å². The van der Waals surface area contributed by atoms with Gasteiger partial charge in [0.1, 0.15) is 17.1 Å². The number of benzene rings is 1. The highest BCUT2D eigenvalue weighted by Gasteiger charge is 2.27. The van der Waals surface area contributed by atoms with Crippen LogP contribution in [0.4, 0.5) is 0 Å². The first kappa shape index (κ1) is 21.1. The second kappa shape index (κ2) is 8.24. The van der Waals surface area contributed by atoms with Gasteiger partial charge in [-0.3, -0.25) is 14.3 Å². The topological polar surface area (TPSA) is 111 Å². The molecule has 2 N–H and O–H groups in total. The van der Waals surface area contributed by atoms with Crippen molar-refractivity contribution in [3.63, 3.8) is 0 Å². The molecule has 0 radical (unpaired) electrons. The van der Waals surface area contributed by atoms with Crippen molar-refractivity contribution in [2.75, 3.05) is 0 Å². The Bertz CT molecular complexity index is 895. The first-order valence-corrected chi connectivity index (χ1v) is 8.85. The minimum atomic E-state index is -1.06. The minimum Gasteiger partial charge on any atom is -0.478 e. The van der Waals surface area contributed by atoms with Gasteiger partial charge < -0.3 is 15.2 Å². The van der Waals surface area contributed by atoms with E-state index >= 15 is 0 Å². The monoisotopic (exact) mass is 387 g/mol. The van der Waals surface area contributed by atoms with Gasteiger partial charge in [0, 0.05) is 19.2 Å². The maximum absolute atomic E-state index is 12.3. The molecule has 0 aliphatic heterocycles. The molecule has 1 aromatic carbocycles. The standard InChI is InChI=1S/C20H25N3O5/c1-12(19(27)28-20(2,3)4)17(24)21-10-13-7-6-8-14(9-13)16-15(18(25)26)11-22-23(16)5/h6-9,11-12H,10H2,1-5H3,(H,21,24)(H,25,26). The van der Waals surface area contributed by atoms with Crippen molar-refractivity contribution < 1.29 is 24.2 Å². The first-order valence-electron chi connectivity index (χ1n) is 8.85. The summed E-state index contributed by atoms with van der Waals surface area (Å²) in [7, 11) is 1.67. The number of rotatable bonds is 6. The Hall–Kier alpha value is -3.16. The SMILES string of the molecule is CC(C(=O)NCc1cccc(-c2c(C(=O)O)cnn2C)c1)C(=O)OC(C)(C)C. The predicted octanol–water partition coefficient (Wildman–Crippen LogP) is 2.38. The summed E-state index contributed by atoms with van der Waals surface area (Å²) in [6.07, 6.45) is 1.30. The molecule has 8 nitrogen and oxygen atoms in total. The lowest BCUT2D eigenvalue weighted by molar-refractivity contribution is -0.161. The van der Waals surface area contributed by atoms with E-state index < -0.39 is 29.4 Å². The molecule has 1 unspecified atom stereocenters. The lowest BCUT2D eigenvalue weighted by Crippen LogP contribution is -2.37. The van der Waals surface area contributed by atoms with Crippen molar-refractivity contribution in [1.29, 1.82) is 0 Å². The summed E-state index contributed by atoms with van der Waals surface area (Å²) < 4.78 is 6.72. The largest absolute Gasteiger partial charge is 0.478 e. The van der Waals surface area contributed by atoms with E-state index in [1.54, 1.807) is 52.1 Å². The zero-order chi connectivity index (χ0) is 21.1. The van der Waals surface area contributed by atoms with E-state index in [9.17, 15) is 19.5 Å². The summed E-state index contributed by atoms with van der Waals surface area (Å²) in [5, 5.41) is 16.0. The van der Waals surface area contributed by atoms with Crippen LogP contribution in [0.1, 0.15) is 43.6 Å². The summed E-state index contributed by atoms with van der Waals surface area (Å²) in [4.78, 5) is 35.7. The molecule has 28 heavy (non-hydrogen) atoms. The smallest absolute Gasteiger partial charge is 0.339 e. The van der Waals surface area contributed by atoms with Gasteiger partial charge in [0.25, 0.3) is 0 Å². The second-order valence-electron chi connectivity index (χ2n) is 7.51. The molecule has 1 atom stereocenters. The van der Waals surface area contributed by atoms with Crippen LogP contribution in [0.3, 0.4) is 0 Å². The van der Waals surface area contributed by atoms with Crippen LogP contribution in [0, 0.1) is 5.92 Å². The quantitative estimate of drug-likeness (QED) is 0.582. The third-order valence-corrected chi connectivity index (χ3v) is 3.99. The van der Waals surface area contributed by atoms with Gasteiger partial charge in [0.15, 0.2) is 0 Å². The molecule has 0 spiro atoms. The van der Waals surface area contributed by atoms with Crippen molar-refractivity contribution in [3.8, 4) is 11.3 Å². The Morgan fingerprint density at radius 2 is 1.96 bits per heavy atom. The first-order chi connectivity index (χ1) is 13.0. The van der Waals surface area contributed by atoms with Crippen LogP contribution in [0.15, 0.2) is 30.5 Å². The molecular weight excluding hydrogens is 362 g/mol. The van der Waals surface area contributed by atoms with Crippen molar-refractivity contribution in [2.45, 2.75) is 39.8 Å². The number of carbonyl (C=O) groups excluding carboxylic acids is 2. The normalized spacial score (nSPS) is 12.3. The third kappa shape index (κ3) is 5.18. The lowest BCUT2D eigenvalue weighted by Gasteiger charge is -2.22. The molecule has 2 aromatic rings. The number of ether oxygens (including phenoxy) is 1. The number of aromatic nitrogens is 2. The molecule has 150 valence electrons. The molecule has 0 saturated carbocycles. The van der Waals surface area contributed by atoms with E-state index in [1.807, 2.05) is 0 Å². The fourth-order valence-corrected chi connectivity index (χ4v) is 2.60. The minimum absolute atomic E-state index is 0.0993. The summed E-state index contributed by atoms with van der Waals surface area (Å²) >= 11 is 0. The highest BCUT2D eigenvalue weighted by molar-refractivity contribution is 5.97. The van der Waals surface area contributed by atoms with Crippen molar-refractivity contribution in [3.05, 3.63) is 41.6 Å². The maximum Gasteiger partial charge on any atom is 0.339 e. The number of hydrogen-bond acceptors (Lipinski definition) is 5. The maximum atomic E-state index is 12.3. The second-order valence-corrected chi connectivity index (χ2v) is 7.51. The number of esters is 1. The Morgan fingerprint density at radius 1 is 1.29 bits per heavy atom. The van der Waals surface area contributed by atoms with Gasteiger partial charge >= 0.3 is 11.9 Å². The van der Waals surface area contributed by atoms with Gasteiger partial charge in [-0.25, -0.2) is 4.79 Å². The summed E-state index contributed by atoms with van der Waals surface area (Å²) in [5.41, 5.74) is 1.35. The zero-order valence-corrected chi connectivity index (χ0v) is 16.6. The number of carboxylic acid groups (broad SMARTS) is 1. The van der Waals surface area contributed by atoms with E-state index in [0.29, 0.717) is 11.3 Å². The molecule has 1 amide bonds. The molecule has 8 heteroatoms. The van der Waals surface area contributed by atoms with Crippen LogP contribution in [-0.2, 0) is 27.9 Å². The fraction of sp³-hybridized carbons (Fsp3) is 0.400. The number of carbonyl (C=O) groups is 3. The molecule has 0 saturated heterocycles. The summed E-state index contributed by atoms with van der Waals surface area (Å²) in [6, 6.07) is 7.13. The van der Waals surface area contributed by atoms with Gasteiger partial charge in [0.2, 0.25) is 5.91 Å². The Morgan fingerprint density at radius 3 is 2.57 bits per heavy atom. The summed E-state index contributed by atoms with van der Waals surface area (Å²) in [5.74, 6) is -3.02. The van der Waals surface area contributed by atoms with Crippen LogP contribution in [-0.4, -0.2) is 38.3 Å². The van der Waals surface area contributed by atoms with Crippen molar-refractivity contribution in [1.82, 2.24) is 15.1 Å². The highest BCUT2D eigenvalue weighted by Crippen LogP contribution is 2.24. The number of nitrogens with one attached hydrogen (secondary N) is 1.